The van der Waals surface area contributed by atoms with Gasteiger partial charge in [-0.1, -0.05) is 71.3 Å². The summed E-state index contributed by atoms with van der Waals surface area (Å²) in [4.78, 5) is 38.2. The van der Waals surface area contributed by atoms with Crippen molar-refractivity contribution < 1.29 is 19.4 Å². The summed E-state index contributed by atoms with van der Waals surface area (Å²) in [5.74, 6) is -1.95. The standard InChI is InChI=1S/C30H27ClN4O6/c1-15-4-8-17(9-5-15)26-24(29(38)34-32-26)23(19-12-20(31)28(21(13-19)40-3)41-14-22(36)37)25-27(33-35-30(25)39)18-10-6-16(2)7-11-18/h4-13,23H,14H2,1-3H3,(H,36,37)(H2,32,34,38)(H2,33,35,39). The second kappa shape index (κ2) is 11.3. The SMILES string of the molecule is COc1cc(C(c2c(-c3ccc(C)cc3)[nH][nH]c2=O)c2c(-c3ccc(C)cc3)[nH][nH]c2=O)cc(Cl)c1OCC(=O)O. The molecule has 10 nitrogen and oxygen atoms in total. The van der Waals surface area contributed by atoms with E-state index in [4.69, 9.17) is 26.2 Å². The summed E-state index contributed by atoms with van der Waals surface area (Å²) in [6, 6.07) is 18.4. The van der Waals surface area contributed by atoms with Gasteiger partial charge in [-0.25, -0.2) is 4.79 Å². The monoisotopic (exact) mass is 574 g/mol. The molecule has 5 rings (SSSR count). The van der Waals surface area contributed by atoms with Gasteiger partial charge in [-0.05, 0) is 42.7 Å². The van der Waals surface area contributed by atoms with Crippen LogP contribution in [-0.2, 0) is 4.79 Å². The van der Waals surface area contributed by atoms with Gasteiger partial charge >= 0.3 is 5.97 Å². The summed E-state index contributed by atoms with van der Waals surface area (Å²) in [6.07, 6.45) is 0. The van der Waals surface area contributed by atoms with Gasteiger partial charge in [0.2, 0.25) is 0 Å². The van der Waals surface area contributed by atoms with E-state index < -0.39 is 29.6 Å². The first-order chi connectivity index (χ1) is 19.7. The normalized spacial score (nSPS) is 11.1. The number of hydrogen-bond donors (Lipinski definition) is 5. The number of aromatic amines is 4. The van der Waals surface area contributed by atoms with Crippen molar-refractivity contribution in [1.29, 1.82) is 0 Å². The van der Waals surface area contributed by atoms with E-state index >= 15 is 0 Å². The Morgan fingerprint density at radius 2 is 1.32 bits per heavy atom. The number of nitrogens with one attached hydrogen (secondary N) is 4. The fourth-order valence-electron chi connectivity index (χ4n) is 4.84. The van der Waals surface area contributed by atoms with E-state index in [0.717, 1.165) is 22.3 Å². The number of carboxylic acids is 1. The molecule has 0 aliphatic heterocycles. The number of ether oxygens (including phenoxy) is 2. The zero-order chi connectivity index (χ0) is 29.3. The number of benzene rings is 3. The van der Waals surface area contributed by atoms with Crippen LogP contribution in [0.25, 0.3) is 22.5 Å². The Hall–Kier alpha value is -4.96. The molecule has 3 aromatic carbocycles. The maximum Gasteiger partial charge on any atom is 0.341 e. The molecule has 0 aliphatic carbocycles. The highest BCUT2D eigenvalue weighted by Crippen LogP contribution is 2.43. The van der Waals surface area contributed by atoms with Gasteiger partial charge in [-0.3, -0.25) is 30.0 Å². The molecule has 0 atom stereocenters. The lowest BCUT2D eigenvalue weighted by atomic mass is 9.82. The van der Waals surface area contributed by atoms with E-state index in [1.165, 1.54) is 7.11 Å². The fraction of sp³-hybridized carbons (Fsp3) is 0.167. The van der Waals surface area contributed by atoms with E-state index in [0.29, 0.717) is 17.0 Å². The molecule has 0 spiro atoms. The van der Waals surface area contributed by atoms with Crippen molar-refractivity contribution in [3.8, 4) is 34.0 Å². The van der Waals surface area contributed by atoms with Crippen LogP contribution in [0, 0.1) is 13.8 Å². The molecular formula is C30H27ClN4O6. The molecule has 0 amide bonds. The van der Waals surface area contributed by atoms with Crippen molar-refractivity contribution in [2.75, 3.05) is 13.7 Å². The molecule has 210 valence electrons. The summed E-state index contributed by atoms with van der Waals surface area (Å²) < 4.78 is 10.9. The molecule has 2 heterocycles. The molecular weight excluding hydrogens is 548 g/mol. The zero-order valence-electron chi connectivity index (χ0n) is 22.4. The van der Waals surface area contributed by atoms with E-state index in [2.05, 4.69) is 20.4 Å². The number of carbonyl (C=O) groups is 1. The first kappa shape index (κ1) is 27.6. The van der Waals surface area contributed by atoms with Crippen LogP contribution < -0.4 is 20.6 Å². The topological polar surface area (TPSA) is 153 Å². The van der Waals surface area contributed by atoms with Gasteiger partial charge in [0, 0.05) is 5.92 Å². The lowest BCUT2D eigenvalue weighted by molar-refractivity contribution is -0.139. The molecule has 2 aromatic heterocycles. The highest BCUT2D eigenvalue weighted by Gasteiger charge is 2.32. The van der Waals surface area contributed by atoms with Crippen LogP contribution in [-0.4, -0.2) is 45.2 Å². The second-order valence-corrected chi connectivity index (χ2v) is 10.0. The van der Waals surface area contributed by atoms with E-state index in [1.54, 1.807) is 12.1 Å². The number of methoxy groups -OCH3 is 1. The average molecular weight is 575 g/mol. The minimum absolute atomic E-state index is 0.0301. The van der Waals surface area contributed by atoms with Crippen LogP contribution in [0.1, 0.15) is 33.7 Å². The van der Waals surface area contributed by atoms with Gasteiger partial charge < -0.3 is 14.6 Å². The Labute approximate surface area is 238 Å². The molecule has 5 N–H and O–H groups in total. The summed E-state index contributed by atoms with van der Waals surface area (Å²) in [5.41, 5.74) is 4.71. The van der Waals surface area contributed by atoms with Crippen molar-refractivity contribution in [2.24, 2.45) is 0 Å². The summed E-state index contributed by atoms with van der Waals surface area (Å²) in [5, 5.41) is 20.5. The van der Waals surface area contributed by atoms with Crippen LogP contribution in [0.15, 0.2) is 70.3 Å². The molecule has 41 heavy (non-hydrogen) atoms. The number of rotatable bonds is 9. The van der Waals surface area contributed by atoms with Crippen LogP contribution in [0.4, 0.5) is 0 Å². The smallest absolute Gasteiger partial charge is 0.341 e. The third kappa shape index (κ3) is 5.42. The first-order valence-electron chi connectivity index (χ1n) is 12.6. The van der Waals surface area contributed by atoms with Crippen molar-refractivity contribution in [2.45, 2.75) is 19.8 Å². The molecule has 0 radical (unpaired) electrons. The lowest BCUT2D eigenvalue weighted by Gasteiger charge is -2.20. The van der Waals surface area contributed by atoms with Gasteiger partial charge in [0.1, 0.15) is 0 Å². The third-order valence-corrected chi connectivity index (χ3v) is 7.09. The maximum absolute atomic E-state index is 13.5. The number of carboxylic acid groups (broad SMARTS) is 1. The lowest BCUT2D eigenvalue weighted by Crippen LogP contribution is -2.20. The predicted octanol–water partition coefficient (Wildman–Crippen LogP) is 4.98. The molecule has 0 unspecified atom stereocenters. The Bertz CT molecular complexity index is 1730. The third-order valence-electron chi connectivity index (χ3n) is 6.81. The molecule has 11 heteroatoms. The summed E-state index contributed by atoms with van der Waals surface area (Å²) in [7, 11) is 1.39. The number of aryl methyl sites for hydroxylation is 2. The Morgan fingerprint density at radius 1 is 0.829 bits per heavy atom. The predicted molar refractivity (Wildman–Crippen MR) is 155 cm³/mol. The summed E-state index contributed by atoms with van der Waals surface area (Å²) >= 11 is 6.61. The highest BCUT2D eigenvalue weighted by molar-refractivity contribution is 6.32. The minimum Gasteiger partial charge on any atom is -0.493 e. The second-order valence-electron chi connectivity index (χ2n) is 9.62. The van der Waals surface area contributed by atoms with Crippen molar-refractivity contribution >= 4 is 17.6 Å². The van der Waals surface area contributed by atoms with Crippen LogP contribution in [0.3, 0.4) is 0 Å². The molecule has 0 saturated carbocycles. The number of aliphatic carboxylic acids is 1. The number of H-pyrrole nitrogens is 4. The Balaban J connectivity index is 1.80. The molecule has 0 bridgehead atoms. The molecule has 5 aromatic rings. The van der Waals surface area contributed by atoms with Crippen molar-refractivity contribution in [3.05, 3.63) is 114 Å². The minimum atomic E-state index is -1.19. The highest BCUT2D eigenvalue weighted by atomic mass is 35.5. The number of aromatic nitrogens is 4. The molecule has 0 aliphatic rings. The van der Waals surface area contributed by atoms with Crippen molar-refractivity contribution in [3.63, 3.8) is 0 Å². The maximum atomic E-state index is 13.5. The van der Waals surface area contributed by atoms with Gasteiger partial charge in [0.05, 0.1) is 34.6 Å². The largest absolute Gasteiger partial charge is 0.493 e. The van der Waals surface area contributed by atoms with Gasteiger partial charge in [-0.15, -0.1) is 0 Å². The summed E-state index contributed by atoms with van der Waals surface area (Å²) in [6.45, 7) is 3.29. The Kier molecular flexibility index (Phi) is 7.58. The van der Waals surface area contributed by atoms with Gasteiger partial charge in [-0.2, -0.15) is 0 Å². The fourth-order valence-corrected chi connectivity index (χ4v) is 5.11. The Morgan fingerprint density at radius 3 is 1.76 bits per heavy atom. The number of hydrogen-bond acceptors (Lipinski definition) is 5. The van der Waals surface area contributed by atoms with Gasteiger partial charge in [0.15, 0.2) is 18.1 Å². The van der Waals surface area contributed by atoms with E-state index in [9.17, 15) is 14.4 Å². The molecule has 0 fully saturated rings. The number of halogens is 1. The van der Waals surface area contributed by atoms with Crippen molar-refractivity contribution in [1.82, 2.24) is 20.4 Å². The quantitative estimate of drug-likeness (QED) is 0.167. The van der Waals surface area contributed by atoms with E-state index in [1.807, 2.05) is 62.4 Å². The van der Waals surface area contributed by atoms with E-state index in [-0.39, 0.29) is 27.6 Å². The van der Waals surface area contributed by atoms with Crippen LogP contribution in [0.2, 0.25) is 5.02 Å². The van der Waals surface area contributed by atoms with Gasteiger partial charge in [0.25, 0.3) is 11.1 Å². The average Bonchev–Trinajstić information content (AvgIpc) is 3.51. The first-order valence-corrected chi connectivity index (χ1v) is 13.0. The van der Waals surface area contributed by atoms with Crippen LogP contribution in [0.5, 0.6) is 11.5 Å². The molecule has 0 saturated heterocycles. The zero-order valence-corrected chi connectivity index (χ0v) is 23.2. The van der Waals surface area contributed by atoms with Crippen LogP contribution >= 0.6 is 11.6 Å².